The summed E-state index contributed by atoms with van der Waals surface area (Å²) in [7, 11) is 1.68. The van der Waals surface area contributed by atoms with Gasteiger partial charge in [0.15, 0.2) is 0 Å². The van der Waals surface area contributed by atoms with Crippen molar-refractivity contribution in [3.05, 3.63) is 0 Å². The molecular formula is C15H25N3O4. The van der Waals surface area contributed by atoms with E-state index in [-0.39, 0.29) is 30.3 Å². The maximum absolute atomic E-state index is 12.3. The normalized spacial score (nSPS) is 23.2. The zero-order chi connectivity index (χ0) is 16.3. The first kappa shape index (κ1) is 16.7. The van der Waals surface area contributed by atoms with Gasteiger partial charge in [-0.3, -0.25) is 14.5 Å². The lowest BCUT2D eigenvalue weighted by Crippen LogP contribution is -2.47. The number of imide groups is 1. The quantitative estimate of drug-likeness (QED) is 0.663. The van der Waals surface area contributed by atoms with Crippen molar-refractivity contribution in [2.75, 3.05) is 26.7 Å². The molecule has 22 heavy (non-hydrogen) atoms. The zero-order valence-corrected chi connectivity index (χ0v) is 13.3. The van der Waals surface area contributed by atoms with E-state index >= 15 is 0 Å². The van der Waals surface area contributed by atoms with Gasteiger partial charge in [-0.25, -0.2) is 4.79 Å². The molecule has 0 radical (unpaired) electrons. The van der Waals surface area contributed by atoms with Gasteiger partial charge in [0, 0.05) is 25.6 Å². The Hall–Kier alpha value is -1.63. The van der Waals surface area contributed by atoms with Crippen LogP contribution in [0.1, 0.15) is 39.0 Å². The lowest BCUT2D eigenvalue weighted by molar-refractivity contribution is -0.137. The smallest absolute Gasteiger partial charge is 0.324 e. The van der Waals surface area contributed by atoms with Gasteiger partial charge in [-0.15, -0.1) is 0 Å². The van der Waals surface area contributed by atoms with Gasteiger partial charge in [0.1, 0.15) is 6.04 Å². The van der Waals surface area contributed by atoms with Gasteiger partial charge < -0.3 is 15.3 Å². The number of rotatable bonds is 7. The Morgan fingerprint density at radius 2 is 2.14 bits per heavy atom. The van der Waals surface area contributed by atoms with Crippen LogP contribution in [0.25, 0.3) is 0 Å². The average molecular weight is 311 g/mol. The van der Waals surface area contributed by atoms with Crippen molar-refractivity contribution in [1.29, 1.82) is 0 Å². The van der Waals surface area contributed by atoms with Gasteiger partial charge in [-0.2, -0.15) is 0 Å². The molecule has 1 aliphatic carbocycles. The summed E-state index contributed by atoms with van der Waals surface area (Å²) in [6.07, 6.45) is 3.59. The van der Waals surface area contributed by atoms with Gasteiger partial charge in [0.05, 0.1) is 13.0 Å². The highest BCUT2D eigenvalue weighted by atomic mass is 16.3. The van der Waals surface area contributed by atoms with E-state index in [1.807, 2.05) is 6.92 Å². The molecule has 2 aliphatic rings. The van der Waals surface area contributed by atoms with Crippen molar-refractivity contribution in [3.8, 4) is 0 Å². The van der Waals surface area contributed by atoms with Crippen molar-refractivity contribution < 1.29 is 19.5 Å². The SMILES string of the molecule is CCCN1C(=O)NC(CC(=O)N(C)CC2(CO)CCC2)C1=O. The van der Waals surface area contributed by atoms with Gasteiger partial charge in [0.2, 0.25) is 5.91 Å². The van der Waals surface area contributed by atoms with Gasteiger partial charge in [-0.05, 0) is 19.3 Å². The molecule has 4 amide bonds. The van der Waals surface area contributed by atoms with E-state index in [1.165, 1.54) is 4.90 Å². The van der Waals surface area contributed by atoms with E-state index in [0.29, 0.717) is 19.5 Å². The molecule has 0 aromatic heterocycles. The zero-order valence-electron chi connectivity index (χ0n) is 13.3. The second kappa shape index (κ2) is 6.64. The summed E-state index contributed by atoms with van der Waals surface area (Å²) in [5, 5.41) is 12.0. The first-order valence-corrected chi connectivity index (χ1v) is 7.89. The van der Waals surface area contributed by atoms with E-state index in [2.05, 4.69) is 5.32 Å². The van der Waals surface area contributed by atoms with E-state index < -0.39 is 12.1 Å². The predicted molar refractivity (Wildman–Crippen MR) is 79.9 cm³/mol. The maximum atomic E-state index is 12.3. The molecule has 0 aromatic carbocycles. The number of amides is 4. The molecule has 1 heterocycles. The molecular weight excluding hydrogens is 286 g/mol. The number of aliphatic hydroxyl groups is 1. The minimum absolute atomic E-state index is 0.0250. The minimum atomic E-state index is -0.763. The minimum Gasteiger partial charge on any atom is -0.396 e. The molecule has 0 bridgehead atoms. The molecule has 2 rings (SSSR count). The van der Waals surface area contributed by atoms with E-state index in [0.717, 1.165) is 19.3 Å². The Kier molecular flexibility index (Phi) is 5.05. The third-order valence-electron chi connectivity index (χ3n) is 4.68. The first-order chi connectivity index (χ1) is 10.4. The highest BCUT2D eigenvalue weighted by Crippen LogP contribution is 2.40. The summed E-state index contributed by atoms with van der Waals surface area (Å²) in [6.45, 7) is 2.84. The number of hydrogen-bond acceptors (Lipinski definition) is 4. The number of urea groups is 1. The van der Waals surface area contributed by atoms with Crippen molar-refractivity contribution in [2.45, 2.75) is 45.1 Å². The summed E-state index contributed by atoms with van der Waals surface area (Å²) >= 11 is 0. The van der Waals surface area contributed by atoms with Crippen molar-refractivity contribution in [2.24, 2.45) is 5.41 Å². The summed E-state index contributed by atoms with van der Waals surface area (Å²) in [5.41, 5.74) is -0.179. The number of nitrogens with one attached hydrogen (secondary N) is 1. The predicted octanol–water partition coefficient (Wildman–Crippen LogP) is 0.328. The Morgan fingerprint density at radius 1 is 1.45 bits per heavy atom. The standard InChI is InChI=1S/C15H25N3O4/c1-3-7-18-13(21)11(16-14(18)22)8-12(20)17(2)9-15(10-19)5-4-6-15/h11,19H,3-10H2,1-2H3,(H,16,22). The molecule has 1 aliphatic heterocycles. The lowest BCUT2D eigenvalue weighted by atomic mass is 9.69. The van der Waals surface area contributed by atoms with Crippen molar-refractivity contribution >= 4 is 17.8 Å². The Balaban J connectivity index is 1.89. The second-order valence-electron chi connectivity index (χ2n) is 6.46. The molecule has 0 spiro atoms. The number of carbonyl (C=O) groups is 3. The molecule has 1 unspecified atom stereocenters. The summed E-state index contributed by atoms with van der Waals surface area (Å²) in [5.74, 6) is -0.508. The third-order valence-corrected chi connectivity index (χ3v) is 4.68. The van der Waals surface area contributed by atoms with Crippen molar-refractivity contribution in [1.82, 2.24) is 15.1 Å². The van der Waals surface area contributed by atoms with Crippen LogP contribution in [-0.2, 0) is 9.59 Å². The summed E-state index contributed by atoms with van der Waals surface area (Å²) < 4.78 is 0. The Labute approximate surface area is 130 Å². The highest BCUT2D eigenvalue weighted by molar-refractivity contribution is 6.05. The molecule has 0 aromatic rings. The van der Waals surface area contributed by atoms with Crippen LogP contribution >= 0.6 is 0 Å². The Morgan fingerprint density at radius 3 is 2.64 bits per heavy atom. The van der Waals surface area contributed by atoms with Crippen LogP contribution in [0, 0.1) is 5.41 Å². The van der Waals surface area contributed by atoms with E-state index in [4.69, 9.17) is 0 Å². The summed E-state index contributed by atoms with van der Waals surface area (Å²) in [6, 6.07) is -1.18. The molecule has 1 saturated heterocycles. The fraction of sp³-hybridized carbons (Fsp3) is 0.800. The molecule has 7 heteroatoms. The van der Waals surface area contributed by atoms with Crippen LogP contribution in [0.5, 0.6) is 0 Å². The van der Waals surface area contributed by atoms with Crippen LogP contribution < -0.4 is 5.32 Å². The van der Waals surface area contributed by atoms with Crippen LogP contribution in [0.2, 0.25) is 0 Å². The van der Waals surface area contributed by atoms with Gasteiger partial charge in [0.25, 0.3) is 5.91 Å². The van der Waals surface area contributed by atoms with Crippen LogP contribution in [-0.4, -0.2) is 65.5 Å². The van der Waals surface area contributed by atoms with Crippen LogP contribution in [0.3, 0.4) is 0 Å². The van der Waals surface area contributed by atoms with E-state index in [1.54, 1.807) is 11.9 Å². The lowest BCUT2D eigenvalue weighted by Gasteiger charge is -2.43. The highest BCUT2D eigenvalue weighted by Gasteiger charge is 2.41. The third kappa shape index (κ3) is 3.24. The molecule has 2 fully saturated rings. The van der Waals surface area contributed by atoms with Crippen LogP contribution in [0.15, 0.2) is 0 Å². The number of nitrogens with zero attached hydrogens (tertiary/aromatic N) is 2. The van der Waals surface area contributed by atoms with Crippen LogP contribution in [0.4, 0.5) is 4.79 Å². The average Bonchev–Trinajstić information content (AvgIpc) is 2.70. The number of carbonyl (C=O) groups excluding carboxylic acids is 3. The fourth-order valence-corrected chi connectivity index (χ4v) is 3.12. The topological polar surface area (TPSA) is 90.0 Å². The molecule has 1 saturated carbocycles. The Bertz CT molecular complexity index is 456. The van der Waals surface area contributed by atoms with Crippen molar-refractivity contribution in [3.63, 3.8) is 0 Å². The fourth-order valence-electron chi connectivity index (χ4n) is 3.12. The molecule has 7 nitrogen and oxygen atoms in total. The van der Waals surface area contributed by atoms with Gasteiger partial charge >= 0.3 is 6.03 Å². The molecule has 124 valence electrons. The number of hydrogen-bond donors (Lipinski definition) is 2. The maximum Gasteiger partial charge on any atom is 0.324 e. The number of aliphatic hydroxyl groups excluding tert-OH is 1. The largest absolute Gasteiger partial charge is 0.396 e. The van der Waals surface area contributed by atoms with E-state index in [9.17, 15) is 19.5 Å². The monoisotopic (exact) mass is 311 g/mol. The molecule has 1 atom stereocenters. The summed E-state index contributed by atoms with van der Waals surface area (Å²) in [4.78, 5) is 38.8. The second-order valence-corrected chi connectivity index (χ2v) is 6.46. The molecule has 2 N–H and O–H groups in total. The first-order valence-electron chi connectivity index (χ1n) is 7.89. The van der Waals surface area contributed by atoms with Gasteiger partial charge in [-0.1, -0.05) is 13.3 Å².